The summed E-state index contributed by atoms with van der Waals surface area (Å²) in [7, 11) is 0. The molecule has 21 heavy (non-hydrogen) atoms. The number of anilines is 1. The van der Waals surface area contributed by atoms with E-state index in [0.717, 1.165) is 30.9 Å². The van der Waals surface area contributed by atoms with Crippen molar-refractivity contribution < 1.29 is 13.6 Å². The first kappa shape index (κ1) is 14.0. The molecule has 0 saturated heterocycles. The standard InChI is InChI=1S/C15H14F2N2OS/c16-10-7-11(17)13(6-9(10)15(18)20)19-12-2-1-3-14-8(12)4-5-21-14/h4-7,12,19H,1-3H2,(H2,18,20). The summed E-state index contributed by atoms with van der Waals surface area (Å²) in [5.41, 5.74) is 6.05. The molecular weight excluding hydrogens is 294 g/mol. The molecular formula is C15H14F2N2OS. The van der Waals surface area contributed by atoms with E-state index < -0.39 is 17.5 Å². The Morgan fingerprint density at radius 2 is 2.14 bits per heavy atom. The van der Waals surface area contributed by atoms with Crippen LogP contribution < -0.4 is 11.1 Å². The highest BCUT2D eigenvalue weighted by Gasteiger charge is 2.23. The number of rotatable bonds is 3. The second kappa shape index (κ2) is 5.44. The third kappa shape index (κ3) is 2.63. The normalized spacial score (nSPS) is 17.3. The topological polar surface area (TPSA) is 55.1 Å². The highest BCUT2D eigenvalue weighted by molar-refractivity contribution is 7.10. The zero-order chi connectivity index (χ0) is 15.0. The lowest BCUT2D eigenvalue weighted by Crippen LogP contribution is -2.18. The Hall–Kier alpha value is -1.95. The summed E-state index contributed by atoms with van der Waals surface area (Å²) in [6.07, 6.45) is 2.91. The van der Waals surface area contributed by atoms with Crippen molar-refractivity contribution in [3.63, 3.8) is 0 Å². The Labute approximate surface area is 124 Å². The zero-order valence-corrected chi connectivity index (χ0v) is 12.0. The van der Waals surface area contributed by atoms with Gasteiger partial charge in [-0.05, 0) is 42.3 Å². The summed E-state index contributed by atoms with van der Waals surface area (Å²) in [5.74, 6) is -2.57. The molecule has 0 radical (unpaired) electrons. The molecule has 1 atom stereocenters. The highest BCUT2D eigenvalue weighted by Crippen LogP contribution is 2.36. The van der Waals surface area contributed by atoms with Gasteiger partial charge in [0.15, 0.2) is 0 Å². The third-order valence-electron chi connectivity index (χ3n) is 3.70. The van der Waals surface area contributed by atoms with Crippen molar-refractivity contribution in [3.8, 4) is 0 Å². The first-order chi connectivity index (χ1) is 10.1. The SMILES string of the molecule is NC(=O)c1cc(NC2CCCc3sccc32)c(F)cc1F. The van der Waals surface area contributed by atoms with Crippen LogP contribution in [0.15, 0.2) is 23.6 Å². The van der Waals surface area contributed by atoms with Crippen LogP contribution >= 0.6 is 11.3 Å². The lowest BCUT2D eigenvalue weighted by Gasteiger charge is -2.25. The number of carbonyl (C=O) groups excluding carboxylic acids is 1. The summed E-state index contributed by atoms with van der Waals surface area (Å²) in [6, 6.07) is 3.83. The average Bonchev–Trinajstić information content (AvgIpc) is 2.90. The second-order valence-corrected chi connectivity index (χ2v) is 6.07. The molecule has 3 N–H and O–H groups in total. The van der Waals surface area contributed by atoms with Crippen LogP contribution in [0.25, 0.3) is 0 Å². The molecule has 110 valence electrons. The maximum Gasteiger partial charge on any atom is 0.251 e. The van der Waals surface area contributed by atoms with Gasteiger partial charge in [-0.3, -0.25) is 4.79 Å². The minimum atomic E-state index is -0.939. The number of amides is 1. The molecule has 0 fully saturated rings. The van der Waals surface area contributed by atoms with Gasteiger partial charge in [-0.2, -0.15) is 0 Å². The molecule has 6 heteroatoms. The fourth-order valence-corrected chi connectivity index (χ4v) is 3.66. The summed E-state index contributed by atoms with van der Waals surface area (Å²) in [4.78, 5) is 12.5. The van der Waals surface area contributed by atoms with E-state index in [4.69, 9.17) is 5.73 Å². The van der Waals surface area contributed by atoms with Crippen LogP contribution in [-0.4, -0.2) is 5.91 Å². The number of benzene rings is 1. The van der Waals surface area contributed by atoms with Gasteiger partial charge in [0.1, 0.15) is 11.6 Å². The van der Waals surface area contributed by atoms with Crippen molar-refractivity contribution in [2.75, 3.05) is 5.32 Å². The molecule has 0 bridgehead atoms. The molecule has 1 heterocycles. The number of fused-ring (bicyclic) bond motifs is 1. The second-order valence-electron chi connectivity index (χ2n) is 5.06. The van der Waals surface area contributed by atoms with Crippen LogP contribution in [0.1, 0.15) is 39.7 Å². The average molecular weight is 308 g/mol. The van der Waals surface area contributed by atoms with E-state index in [9.17, 15) is 13.6 Å². The van der Waals surface area contributed by atoms with Gasteiger partial charge in [0.05, 0.1) is 17.3 Å². The van der Waals surface area contributed by atoms with Gasteiger partial charge >= 0.3 is 0 Å². The summed E-state index contributed by atoms with van der Waals surface area (Å²) < 4.78 is 27.4. The third-order valence-corrected chi connectivity index (χ3v) is 4.70. The lowest BCUT2D eigenvalue weighted by atomic mass is 9.93. The Bertz CT molecular complexity index is 699. The molecule has 3 rings (SSSR count). The molecule has 0 saturated carbocycles. The minimum absolute atomic E-state index is 0.0271. The van der Waals surface area contributed by atoms with Crippen LogP contribution in [-0.2, 0) is 6.42 Å². The van der Waals surface area contributed by atoms with Crippen LogP contribution in [0.3, 0.4) is 0 Å². The number of primary amides is 1. The number of hydrogen-bond donors (Lipinski definition) is 2. The van der Waals surface area contributed by atoms with Crippen molar-refractivity contribution in [3.05, 3.63) is 51.2 Å². The van der Waals surface area contributed by atoms with Gasteiger partial charge in [-0.15, -0.1) is 11.3 Å². The van der Waals surface area contributed by atoms with Crippen molar-refractivity contribution >= 4 is 22.9 Å². The van der Waals surface area contributed by atoms with Crippen molar-refractivity contribution in [1.29, 1.82) is 0 Å². The van der Waals surface area contributed by atoms with Gasteiger partial charge < -0.3 is 11.1 Å². The predicted molar refractivity (Wildman–Crippen MR) is 78.5 cm³/mol. The zero-order valence-electron chi connectivity index (χ0n) is 11.2. The quantitative estimate of drug-likeness (QED) is 0.910. The van der Waals surface area contributed by atoms with Gasteiger partial charge in [0.25, 0.3) is 5.91 Å². The number of thiophene rings is 1. The van der Waals surface area contributed by atoms with E-state index in [0.29, 0.717) is 6.07 Å². The monoisotopic (exact) mass is 308 g/mol. The number of carbonyl (C=O) groups is 1. The first-order valence-corrected chi connectivity index (χ1v) is 7.56. The minimum Gasteiger partial charge on any atom is -0.376 e. The fourth-order valence-electron chi connectivity index (χ4n) is 2.67. The Kier molecular flexibility index (Phi) is 3.63. The molecule has 2 aromatic rings. The van der Waals surface area contributed by atoms with E-state index >= 15 is 0 Å². The highest BCUT2D eigenvalue weighted by atomic mass is 32.1. The van der Waals surface area contributed by atoms with E-state index in [1.807, 2.05) is 11.4 Å². The summed E-state index contributed by atoms with van der Waals surface area (Å²) >= 11 is 1.69. The number of halogens is 2. The summed E-state index contributed by atoms with van der Waals surface area (Å²) in [6.45, 7) is 0. The van der Waals surface area contributed by atoms with E-state index in [1.54, 1.807) is 11.3 Å². The van der Waals surface area contributed by atoms with E-state index in [-0.39, 0.29) is 17.3 Å². The Balaban J connectivity index is 1.93. The van der Waals surface area contributed by atoms with Crippen LogP contribution in [0.2, 0.25) is 0 Å². The van der Waals surface area contributed by atoms with Gasteiger partial charge in [-0.1, -0.05) is 0 Å². The molecule has 1 aliphatic carbocycles. The van der Waals surface area contributed by atoms with Crippen LogP contribution in [0.5, 0.6) is 0 Å². The number of hydrogen-bond acceptors (Lipinski definition) is 3. The molecule has 0 aliphatic heterocycles. The summed E-state index contributed by atoms with van der Waals surface area (Å²) in [5, 5.41) is 5.09. The number of aryl methyl sites for hydroxylation is 1. The Morgan fingerprint density at radius 1 is 1.33 bits per heavy atom. The first-order valence-electron chi connectivity index (χ1n) is 6.68. The fraction of sp³-hybridized carbons (Fsp3) is 0.267. The molecule has 1 aromatic carbocycles. The maximum atomic E-state index is 13.9. The smallest absolute Gasteiger partial charge is 0.251 e. The van der Waals surface area contributed by atoms with Crippen molar-refractivity contribution in [1.82, 2.24) is 0 Å². The van der Waals surface area contributed by atoms with Crippen LogP contribution in [0, 0.1) is 11.6 Å². The molecule has 1 unspecified atom stereocenters. The van der Waals surface area contributed by atoms with Crippen LogP contribution in [0.4, 0.5) is 14.5 Å². The molecule has 1 aliphatic rings. The maximum absolute atomic E-state index is 13.9. The molecule has 1 amide bonds. The predicted octanol–water partition coefficient (Wildman–Crippen LogP) is 3.61. The van der Waals surface area contributed by atoms with Gasteiger partial charge in [-0.25, -0.2) is 8.78 Å². The largest absolute Gasteiger partial charge is 0.376 e. The number of nitrogens with two attached hydrogens (primary N) is 1. The van der Waals surface area contributed by atoms with E-state index in [2.05, 4.69) is 5.32 Å². The van der Waals surface area contributed by atoms with Crippen molar-refractivity contribution in [2.24, 2.45) is 5.73 Å². The van der Waals surface area contributed by atoms with Crippen molar-refractivity contribution in [2.45, 2.75) is 25.3 Å². The Morgan fingerprint density at radius 3 is 2.90 bits per heavy atom. The molecule has 1 aromatic heterocycles. The molecule has 3 nitrogen and oxygen atoms in total. The van der Waals surface area contributed by atoms with Gasteiger partial charge in [0, 0.05) is 10.9 Å². The van der Waals surface area contributed by atoms with E-state index in [1.165, 1.54) is 4.88 Å². The number of nitrogens with one attached hydrogen (secondary N) is 1. The van der Waals surface area contributed by atoms with Gasteiger partial charge in [0.2, 0.25) is 0 Å². The lowest BCUT2D eigenvalue weighted by molar-refractivity contribution is 0.0996. The molecule has 0 spiro atoms.